The standard InChI is InChI=1S/C28H42N6O7/c29-12-2-1-6-22(28(41)33-13-3-5-19(33)16-35)31-25(38)23(17-36)32-26(39)24-7-4-14-34(24)27(40)21(30)15-18-8-10-20(37)11-9-18/h8-11,16,19,21-24,36-37H,1-7,12-15,17,29-30H2,(H,31,38)(H,32,39)/t19-,21-,22-,23-,24-/m0/s1. The molecule has 41 heavy (non-hydrogen) atoms. The number of aliphatic hydroxyl groups excluding tert-OH is 1. The molecule has 0 radical (unpaired) electrons. The van der Waals surface area contributed by atoms with Crippen molar-refractivity contribution in [2.24, 2.45) is 11.5 Å². The van der Waals surface area contributed by atoms with Crippen molar-refractivity contribution in [3.05, 3.63) is 29.8 Å². The summed E-state index contributed by atoms with van der Waals surface area (Å²) >= 11 is 0. The normalized spacial score (nSPS) is 20.8. The number of carbonyl (C=O) groups is 5. The molecule has 5 atom stereocenters. The molecule has 1 aromatic carbocycles. The van der Waals surface area contributed by atoms with Crippen molar-refractivity contribution in [2.45, 2.75) is 81.6 Å². The van der Waals surface area contributed by atoms with Gasteiger partial charge in [0.2, 0.25) is 23.6 Å². The molecule has 2 heterocycles. The molecule has 4 amide bonds. The van der Waals surface area contributed by atoms with Gasteiger partial charge in [-0.15, -0.1) is 0 Å². The van der Waals surface area contributed by atoms with Crippen molar-refractivity contribution >= 4 is 29.9 Å². The maximum Gasteiger partial charge on any atom is 0.245 e. The Morgan fingerprint density at radius 2 is 1.66 bits per heavy atom. The third-order valence-corrected chi connectivity index (χ3v) is 7.66. The van der Waals surface area contributed by atoms with E-state index in [2.05, 4.69) is 10.6 Å². The Balaban J connectivity index is 1.63. The van der Waals surface area contributed by atoms with Crippen LogP contribution in [-0.4, -0.2) is 106 Å². The molecule has 0 unspecified atom stereocenters. The molecule has 0 spiro atoms. The summed E-state index contributed by atoms with van der Waals surface area (Å²) in [5.74, 6) is -2.05. The number of aromatic hydroxyl groups is 1. The third kappa shape index (κ3) is 8.47. The second kappa shape index (κ2) is 15.5. The number of amides is 4. The molecule has 13 nitrogen and oxygen atoms in total. The number of hydrogen-bond acceptors (Lipinski definition) is 9. The molecular weight excluding hydrogens is 532 g/mol. The van der Waals surface area contributed by atoms with Gasteiger partial charge in [0, 0.05) is 13.1 Å². The van der Waals surface area contributed by atoms with Gasteiger partial charge in [-0.25, -0.2) is 0 Å². The Morgan fingerprint density at radius 1 is 0.976 bits per heavy atom. The van der Waals surface area contributed by atoms with Gasteiger partial charge in [0.1, 0.15) is 30.2 Å². The summed E-state index contributed by atoms with van der Waals surface area (Å²) in [5, 5.41) is 24.6. The lowest BCUT2D eigenvalue weighted by molar-refractivity contribution is -0.141. The minimum Gasteiger partial charge on any atom is -0.508 e. The number of nitrogens with one attached hydrogen (secondary N) is 2. The zero-order chi connectivity index (χ0) is 29.9. The molecule has 2 fully saturated rings. The van der Waals surface area contributed by atoms with E-state index in [-0.39, 0.29) is 18.1 Å². The van der Waals surface area contributed by atoms with E-state index < -0.39 is 54.5 Å². The van der Waals surface area contributed by atoms with Crippen LogP contribution in [0.3, 0.4) is 0 Å². The first-order chi connectivity index (χ1) is 19.7. The fourth-order valence-corrected chi connectivity index (χ4v) is 5.38. The van der Waals surface area contributed by atoms with Gasteiger partial charge in [-0.1, -0.05) is 12.1 Å². The maximum absolute atomic E-state index is 13.2. The number of unbranched alkanes of at least 4 members (excludes halogenated alkanes) is 1. The van der Waals surface area contributed by atoms with E-state index in [4.69, 9.17) is 11.5 Å². The zero-order valence-corrected chi connectivity index (χ0v) is 23.2. The summed E-state index contributed by atoms with van der Waals surface area (Å²) in [4.78, 5) is 66.9. The van der Waals surface area contributed by atoms with Crippen LogP contribution in [0.15, 0.2) is 24.3 Å². The number of likely N-dealkylation sites (tertiary alicyclic amines) is 2. The smallest absolute Gasteiger partial charge is 0.245 e. The Hall–Kier alpha value is -3.55. The summed E-state index contributed by atoms with van der Waals surface area (Å²) in [6.07, 6.45) is 4.61. The molecule has 0 bridgehead atoms. The second-order valence-electron chi connectivity index (χ2n) is 10.6. The predicted molar refractivity (Wildman–Crippen MR) is 149 cm³/mol. The fourth-order valence-electron chi connectivity index (χ4n) is 5.38. The highest BCUT2D eigenvalue weighted by Crippen LogP contribution is 2.21. The van der Waals surface area contributed by atoms with Gasteiger partial charge < -0.3 is 46.9 Å². The molecule has 0 aromatic heterocycles. The number of aliphatic hydroxyl groups is 1. The van der Waals surface area contributed by atoms with Crippen LogP contribution in [0.4, 0.5) is 0 Å². The Labute approximate surface area is 239 Å². The van der Waals surface area contributed by atoms with E-state index in [1.165, 1.54) is 21.9 Å². The number of benzene rings is 1. The van der Waals surface area contributed by atoms with Crippen molar-refractivity contribution in [1.29, 1.82) is 0 Å². The summed E-state index contributed by atoms with van der Waals surface area (Å²) in [6, 6.07) is 1.72. The van der Waals surface area contributed by atoms with E-state index in [0.29, 0.717) is 64.6 Å². The van der Waals surface area contributed by atoms with Crippen LogP contribution in [0.2, 0.25) is 0 Å². The largest absolute Gasteiger partial charge is 0.508 e. The number of nitrogens with zero attached hydrogens (tertiary/aromatic N) is 2. The highest BCUT2D eigenvalue weighted by Gasteiger charge is 2.39. The SMILES string of the molecule is NCCCC[C@H](NC(=O)[C@H](CO)NC(=O)[C@@H]1CCCN1C(=O)[C@@H](N)Cc1ccc(O)cc1)C(=O)N1CCC[C@H]1C=O. The molecule has 8 N–H and O–H groups in total. The number of rotatable bonds is 14. The van der Waals surface area contributed by atoms with Crippen LogP contribution in [0.25, 0.3) is 0 Å². The van der Waals surface area contributed by atoms with Crippen LogP contribution < -0.4 is 22.1 Å². The molecule has 3 rings (SSSR count). The van der Waals surface area contributed by atoms with Crippen LogP contribution in [-0.2, 0) is 30.4 Å². The summed E-state index contributed by atoms with van der Waals surface area (Å²) in [6.45, 7) is 0.427. The monoisotopic (exact) mass is 574 g/mol. The molecule has 0 aliphatic carbocycles. The Bertz CT molecular complexity index is 1070. The second-order valence-corrected chi connectivity index (χ2v) is 10.6. The molecule has 1 aromatic rings. The van der Waals surface area contributed by atoms with Crippen molar-refractivity contribution in [1.82, 2.24) is 20.4 Å². The van der Waals surface area contributed by atoms with Gasteiger partial charge in [0.05, 0.1) is 18.7 Å². The average Bonchev–Trinajstić information content (AvgIpc) is 3.65. The van der Waals surface area contributed by atoms with Crippen LogP contribution in [0.1, 0.15) is 50.5 Å². The zero-order valence-electron chi connectivity index (χ0n) is 23.2. The highest BCUT2D eigenvalue weighted by molar-refractivity contribution is 5.95. The summed E-state index contributed by atoms with van der Waals surface area (Å²) in [5.41, 5.74) is 12.5. The topological polar surface area (TPSA) is 208 Å². The Morgan fingerprint density at radius 3 is 2.32 bits per heavy atom. The van der Waals surface area contributed by atoms with Crippen molar-refractivity contribution in [3.63, 3.8) is 0 Å². The Kier molecular flexibility index (Phi) is 12.0. The molecule has 13 heteroatoms. The highest BCUT2D eigenvalue weighted by atomic mass is 16.3. The van der Waals surface area contributed by atoms with Crippen LogP contribution >= 0.6 is 0 Å². The first-order valence-electron chi connectivity index (χ1n) is 14.2. The molecule has 226 valence electrons. The lowest BCUT2D eigenvalue weighted by Gasteiger charge is -2.29. The van der Waals surface area contributed by atoms with Crippen molar-refractivity contribution < 1.29 is 34.2 Å². The van der Waals surface area contributed by atoms with Gasteiger partial charge in [-0.3, -0.25) is 19.2 Å². The summed E-state index contributed by atoms with van der Waals surface area (Å²) in [7, 11) is 0. The van der Waals surface area contributed by atoms with E-state index >= 15 is 0 Å². The molecular formula is C28H42N6O7. The average molecular weight is 575 g/mol. The van der Waals surface area contributed by atoms with Crippen molar-refractivity contribution in [2.75, 3.05) is 26.2 Å². The van der Waals surface area contributed by atoms with Gasteiger partial charge in [0.25, 0.3) is 0 Å². The number of aldehydes is 1. The quantitative estimate of drug-likeness (QED) is 0.113. The molecule has 2 saturated heterocycles. The summed E-state index contributed by atoms with van der Waals surface area (Å²) < 4.78 is 0. The number of phenolic OH excluding ortho intramolecular Hbond substituents is 1. The first-order valence-corrected chi connectivity index (χ1v) is 14.2. The molecule has 2 aliphatic rings. The minimum absolute atomic E-state index is 0.0971. The lowest BCUT2D eigenvalue weighted by Crippen LogP contribution is -2.59. The van der Waals surface area contributed by atoms with Gasteiger partial charge in [-0.2, -0.15) is 0 Å². The maximum atomic E-state index is 13.2. The van der Waals surface area contributed by atoms with Crippen molar-refractivity contribution in [3.8, 4) is 5.75 Å². The van der Waals surface area contributed by atoms with Gasteiger partial charge >= 0.3 is 0 Å². The number of phenols is 1. The van der Waals surface area contributed by atoms with E-state index in [1.54, 1.807) is 12.1 Å². The number of nitrogens with two attached hydrogens (primary N) is 2. The van der Waals surface area contributed by atoms with E-state index in [1.807, 2.05) is 0 Å². The van der Waals surface area contributed by atoms with Crippen LogP contribution in [0.5, 0.6) is 5.75 Å². The first kappa shape index (κ1) is 32.0. The van der Waals surface area contributed by atoms with Gasteiger partial charge in [0.15, 0.2) is 0 Å². The molecule has 2 aliphatic heterocycles. The number of hydrogen-bond donors (Lipinski definition) is 6. The molecule has 0 saturated carbocycles. The minimum atomic E-state index is -1.35. The van der Waals surface area contributed by atoms with E-state index in [9.17, 15) is 34.2 Å². The van der Waals surface area contributed by atoms with E-state index in [0.717, 1.165) is 11.8 Å². The third-order valence-electron chi connectivity index (χ3n) is 7.66. The van der Waals surface area contributed by atoms with Crippen LogP contribution in [0, 0.1) is 0 Å². The predicted octanol–water partition coefficient (Wildman–Crippen LogP) is -1.47. The fraction of sp³-hybridized carbons (Fsp3) is 0.607. The number of carbonyl (C=O) groups excluding carboxylic acids is 5. The lowest BCUT2D eigenvalue weighted by atomic mass is 10.0. The van der Waals surface area contributed by atoms with Gasteiger partial charge in [-0.05, 0) is 75.6 Å².